The Morgan fingerprint density at radius 3 is 2.76 bits per heavy atom. The highest BCUT2D eigenvalue weighted by atomic mass is 16.5. The Morgan fingerprint density at radius 2 is 1.90 bits per heavy atom. The average Bonchev–Trinajstić information content (AvgIpc) is 2.53. The normalized spacial score (nSPS) is 10.5. The summed E-state index contributed by atoms with van der Waals surface area (Å²) in [6.45, 7) is 0.191. The number of aromatic nitrogens is 2. The Bertz CT molecular complexity index is 797. The molecule has 5 heteroatoms. The Morgan fingerprint density at radius 1 is 1.10 bits per heavy atom. The van der Waals surface area contributed by atoms with E-state index in [1.807, 2.05) is 30.3 Å². The monoisotopic (exact) mass is 280 g/mol. The van der Waals surface area contributed by atoms with Crippen LogP contribution in [0.3, 0.4) is 0 Å². The predicted molar refractivity (Wildman–Crippen MR) is 77.3 cm³/mol. The van der Waals surface area contributed by atoms with Gasteiger partial charge in [-0.1, -0.05) is 24.3 Å². The van der Waals surface area contributed by atoms with E-state index in [4.69, 9.17) is 9.84 Å². The molecular formula is C16H12N2O3. The maximum Gasteiger partial charge on any atom is 0.354 e. The fraction of sp³-hybridized carbons (Fsp3) is 0.0625. The van der Waals surface area contributed by atoms with Gasteiger partial charge in [0.15, 0.2) is 0 Å². The van der Waals surface area contributed by atoms with Crippen molar-refractivity contribution in [2.24, 2.45) is 0 Å². The minimum Gasteiger partial charge on any atom is -0.485 e. The highest BCUT2D eigenvalue weighted by Gasteiger charge is 2.07. The average molecular weight is 280 g/mol. The van der Waals surface area contributed by atoms with Crippen molar-refractivity contribution in [1.29, 1.82) is 0 Å². The molecule has 2 aromatic heterocycles. The molecule has 0 amide bonds. The van der Waals surface area contributed by atoms with Crippen molar-refractivity contribution in [2.45, 2.75) is 6.61 Å². The van der Waals surface area contributed by atoms with Gasteiger partial charge in [0.25, 0.3) is 0 Å². The van der Waals surface area contributed by atoms with Crippen molar-refractivity contribution >= 4 is 16.9 Å². The number of hydrogen-bond donors (Lipinski definition) is 1. The summed E-state index contributed by atoms with van der Waals surface area (Å²) in [5.41, 5.74) is 1.34. The topological polar surface area (TPSA) is 72.3 Å². The Balaban J connectivity index is 1.84. The number of ether oxygens (including phenoxy) is 1. The zero-order chi connectivity index (χ0) is 14.7. The van der Waals surface area contributed by atoms with Crippen LogP contribution >= 0.6 is 0 Å². The van der Waals surface area contributed by atoms with Crippen LogP contribution in [0.1, 0.15) is 16.2 Å². The smallest absolute Gasteiger partial charge is 0.354 e. The number of benzene rings is 1. The predicted octanol–water partition coefficient (Wildman–Crippen LogP) is 2.91. The summed E-state index contributed by atoms with van der Waals surface area (Å²) in [4.78, 5) is 19.2. The lowest BCUT2D eigenvalue weighted by Crippen LogP contribution is -2.05. The number of carboxylic acids is 1. The molecule has 1 aromatic carbocycles. The first-order valence-electron chi connectivity index (χ1n) is 6.40. The molecule has 1 N–H and O–H groups in total. The summed E-state index contributed by atoms with van der Waals surface area (Å²) in [5, 5.41) is 9.91. The van der Waals surface area contributed by atoms with Gasteiger partial charge in [-0.3, -0.25) is 4.98 Å². The minimum atomic E-state index is -1.05. The van der Waals surface area contributed by atoms with Gasteiger partial charge in [0.2, 0.25) is 0 Å². The second-order valence-electron chi connectivity index (χ2n) is 4.44. The highest BCUT2D eigenvalue weighted by molar-refractivity contribution is 5.85. The van der Waals surface area contributed by atoms with Gasteiger partial charge < -0.3 is 9.84 Å². The molecule has 0 bridgehead atoms. The van der Waals surface area contributed by atoms with Gasteiger partial charge in [0, 0.05) is 11.6 Å². The highest BCUT2D eigenvalue weighted by Crippen LogP contribution is 2.23. The van der Waals surface area contributed by atoms with Gasteiger partial charge in [-0.25, -0.2) is 9.78 Å². The number of carbonyl (C=O) groups is 1. The molecule has 21 heavy (non-hydrogen) atoms. The lowest BCUT2D eigenvalue weighted by Gasteiger charge is -2.08. The number of aromatic carboxylic acids is 1. The van der Waals surface area contributed by atoms with Gasteiger partial charge in [-0.15, -0.1) is 0 Å². The van der Waals surface area contributed by atoms with Crippen molar-refractivity contribution in [3.63, 3.8) is 0 Å². The first kappa shape index (κ1) is 13.1. The fourth-order valence-corrected chi connectivity index (χ4v) is 2.02. The second-order valence-corrected chi connectivity index (χ2v) is 4.44. The minimum absolute atomic E-state index is 0.00662. The van der Waals surface area contributed by atoms with Gasteiger partial charge in [-0.2, -0.15) is 0 Å². The van der Waals surface area contributed by atoms with Crippen LogP contribution in [-0.2, 0) is 6.61 Å². The Hall–Kier alpha value is -2.95. The van der Waals surface area contributed by atoms with E-state index in [0.29, 0.717) is 11.4 Å². The summed E-state index contributed by atoms with van der Waals surface area (Å²) in [6.07, 6.45) is 1.71. The molecule has 5 nitrogen and oxygen atoms in total. The van der Waals surface area contributed by atoms with E-state index in [1.54, 1.807) is 18.3 Å². The largest absolute Gasteiger partial charge is 0.485 e. The van der Waals surface area contributed by atoms with Gasteiger partial charge in [0.1, 0.15) is 23.6 Å². The molecule has 0 aliphatic carbocycles. The molecule has 0 radical (unpaired) electrons. The quantitative estimate of drug-likeness (QED) is 0.795. The van der Waals surface area contributed by atoms with Crippen LogP contribution in [0, 0.1) is 0 Å². The third kappa shape index (κ3) is 2.81. The first-order valence-corrected chi connectivity index (χ1v) is 6.40. The van der Waals surface area contributed by atoms with Gasteiger partial charge in [-0.05, 0) is 24.3 Å². The maximum absolute atomic E-state index is 10.9. The lowest BCUT2D eigenvalue weighted by atomic mass is 10.2. The molecule has 0 saturated carbocycles. The van der Waals surface area contributed by atoms with Crippen LogP contribution in [0.4, 0.5) is 0 Å². The maximum atomic E-state index is 10.9. The van der Waals surface area contributed by atoms with Crippen molar-refractivity contribution in [2.75, 3.05) is 0 Å². The van der Waals surface area contributed by atoms with Crippen LogP contribution in [0.25, 0.3) is 10.9 Å². The SMILES string of the molecule is O=C(O)c1cccc(COc2cccc3cccnc23)n1. The summed E-state index contributed by atoms with van der Waals surface area (Å²) >= 11 is 0. The van der Waals surface area contributed by atoms with E-state index in [0.717, 1.165) is 10.9 Å². The summed E-state index contributed by atoms with van der Waals surface area (Å²) < 4.78 is 5.72. The van der Waals surface area contributed by atoms with Crippen LogP contribution in [0.15, 0.2) is 54.7 Å². The third-order valence-corrected chi connectivity index (χ3v) is 3.00. The molecule has 3 aromatic rings. The number of nitrogens with zero attached hydrogens (tertiary/aromatic N) is 2. The molecule has 2 heterocycles. The van der Waals surface area contributed by atoms with Gasteiger partial charge >= 0.3 is 5.97 Å². The standard InChI is InChI=1S/C16H12N2O3/c19-16(20)13-7-2-6-12(18-13)10-21-14-8-1-4-11-5-3-9-17-15(11)14/h1-9H,10H2,(H,19,20). The van der Waals surface area contributed by atoms with E-state index in [2.05, 4.69) is 9.97 Å². The molecule has 0 aliphatic rings. The van der Waals surface area contributed by atoms with E-state index >= 15 is 0 Å². The number of fused-ring (bicyclic) bond motifs is 1. The molecule has 0 saturated heterocycles. The zero-order valence-electron chi connectivity index (χ0n) is 11.1. The Kier molecular flexibility index (Phi) is 3.47. The van der Waals surface area contributed by atoms with Crippen molar-refractivity contribution < 1.29 is 14.6 Å². The van der Waals surface area contributed by atoms with Crippen LogP contribution in [0.5, 0.6) is 5.75 Å². The van der Waals surface area contributed by atoms with E-state index in [9.17, 15) is 4.79 Å². The third-order valence-electron chi connectivity index (χ3n) is 3.00. The number of carboxylic acid groups (broad SMARTS) is 1. The first-order chi connectivity index (χ1) is 10.2. The summed E-state index contributed by atoms with van der Waals surface area (Å²) in [7, 11) is 0. The summed E-state index contributed by atoms with van der Waals surface area (Å²) in [6, 6.07) is 14.3. The second kappa shape index (κ2) is 5.58. The molecule has 104 valence electrons. The number of hydrogen-bond acceptors (Lipinski definition) is 4. The van der Waals surface area contributed by atoms with Crippen LogP contribution < -0.4 is 4.74 Å². The molecule has 0 atom stereocenters. The number of para-hydroxylation sites is 1. The fourth-order valence-electron chi connectivity index (χ4n) is 2.02. The molecule has 0 fully saturated rings. The van der Waals surface area contributed by atoms with Gasteiger partial charge in [0.05, 0.1) is 5.69 Å². The zero-order valence-corrected chi connectivity index (χ0v) is 11.1. The molecule has 3 rings (SSSR count). The number of pyridine rings is 2. The lowest BCUT2D eigenvalue weighted by molar-refractivity contribution is 0.0690. The molecule has 0 unspecified atom stereocenters. The Labute approximate surface area is 120 Å². The van der Waals surface area contributed by atoms with E-state index in [-0.39, 0.29) is 12.3 Å². The molecule has 0 spiro atoms. The van der Waals surface area contributed by atoms with Crippen molar-refractivity contribution in [3.05, 3.63) is 66.1 Å². The van der Waals surface area contributed by atoms with Crippen LogP contribution in [0.2, 0.25) is 0 Å². The van der Waals surface area contributed by atoms with Crippen molar-refractivity contribution in [3.8, 4) is 5.75 Å². The van der Waals surface area contributed by atoms with E-state index in [1.165, 1.54) is 6.07 Å². The van der Waals surface area contributed by atoms with E-state index < -0.39 is 5.97 Å². The number of rotatable bonds is 4. The van der Waals surface area contributed by atoms with Crippen LogP contribution in [-0.4, -0.2) is 21.0 Å². The molecular weight excluding hydrogens is 268 g/mol. The van der Waals surface area contributed by atoms with Crippen molar-refractivity contribution in [1.82, 2.24) is 9.97 Å². The summed E-state index contributed by atoms with van der Waals surface area (Å²) in [5.74, 6) is -0.403. The molecule has 0 aliphatic heterocycles.